The molecule has 4 heteroatoms. The van der Waals surface area contributed by atoms with Gasteiger partial charge in [0.15, 0.2) is 0 Å². The third kappa shape index (κ3) is 2.32. The van der Waals surface area contributed by atoms with Crippen LogP contribution in [-0.4, -0.2) is 29.6 Å². The summed E-state index contributed by atoms with van der Waals surface area (Å²) in [7, 11) is 0. The summed E-state index contributed by atoms with van der Waals surface area (Å²) in [6.07, 6.45) is 4.32. The highest BCUT2D eigenvalue weighted by Crippen LogP contribution is 2.20. The van der Waals surface area contributed by atoms with Crippen molar-refractivity contribution in [3.8, 4) is 0 Å². The van der Waals surface area contributed by atoms with Crippen LogP contribution in [0.4, 0.5) is 5.82 Å². The van der Waals surface area contributed by atoms with Crippen molar-refractivity contribution >= 4 is 5.82 Å². The van der Waals surface area contributed by atoms with Crippen LogP contribution in [0.25, 0.3) is 0 Å². The van der Waals surface area contributed by atoms with Crippen molar-refractivity contribution in [1.29, 1.82) is 0 Å². The van der Waals surface area contributed by atoms with Gasteiger partial charge in [0.1, 0.15) is 5.82 Å². The number of hydrogen-bond acceptors (Lipinski definition) is 4. The Labute approximate surface area is 96.9 Å². The SMILES string of the molecule is Cc1ncc(N2CCCC(CN)C2)nc1C. The Hall–Kier alpha value is -1.16. The molecule has 1 aliphatic rings. The normalized spacial score (nSPS) is 21.2. The smallest absolute Gasteiger partial charge is 0.147 e. The topological polar surface area (TPSA) is 55.0 Å². The molecule has 1 saturated heterocycles. The van der Waals surface area contributed by atoms with Gasteiger partial charge in [-0.3, -0.25) is 4.98 Å². The highest BCUT2D eigenvalue weighted by Gasteiger charge is 2.20. The highest BCUT2D eigenvalue weighted by atomic mass is 15.2. The van der Waals surface area contributed by atoms with Gasteiger partial charge in [-0.2, -0.15) is 0 Å². The Morgan fingerprint density at radius 3 is 2.94 bits per heavy atom. The fourth-order valence-corrected chi connectivity index (χ4v) is 2.15. The minimum atomic E-state index is 0.608. The predicted molar refractivity (Wildman–Crippen MR) is 65.5 cm³/mol. The third-order valence-electron chi connectivity index (χ3n) is 3.36. The van der Waals surface area contributed by atoms with Crippen LogP contribution in [0.1, 0.15) is 24.2 Å². The Balaban J connectivity index is 2.13. The molecule has 1 aromatic heterocycles. The van der Waals surface area contributed by atoms with Gasteiger partial charge in [0.05, 0.1) is 17.6 Å². The first-order valence-electron chi connectivity index (χ1n) is 5.96. The maximum absolute atomic E-state index is 5.73. The van der Waals surface area contributed by atoms with Gasteiger partial charge in [0, 0.05) is 13.1 Å². The summed E-state index contributed by atoms with van der Waals surface area (Å²) in [6.45, 7) is 6.87. The number of anilines is 1. The summed E-state index contributed by atoms with van der Waals surface area (Å²) in [5.41, 5.74) is 7.77. The number of aryl methyl sites for hydroxylation is 2. The largest absolute Gasteiger partial charge is 0.355 e. The number of piperidine rings is 1. The lowest BCUT2D eigenvalue weighted by Gasteiger charge is -2.32. The van der Waals surface area contributed by atoms with Crippen LogP contribution in [-0.2, 0) is 0 Å². The lowest BCUT2D eigenvalue weighted by atomic mass is 9.98. The number of hydrogen-bond donors (Lipinski definition) is 1. The number of nitrogens with two attached hydrogens (primary N) is 1. The van der Waals surface area contributed by atoms with Crippen LogP contribution in [0.3, 0.4) is 0 Å². The fourth-order valence-electron chi connectivity index (χ4n) is 2.15. The van der Waals surface area contributed by atoms with E-state index in [1.807, 2.05) is 20.0 Å². The molecule has 1 aromatic rings. The number of aromatic nitrogens is 2. The van der Waals surface area contributed by atoms with Gasteiger partial charge in [-0.15, -0.1) is 0 Å². The molecule has 2 N–H and O–H groups in total. The van der Waals surface area contributed by atoms with Crippen molar-refractivity contribution in [1.82, 2.24) is 9.97 Å². The first-order chi connectivity index (χ1) is 7.70. The molecule has 0 spiro atoms. The van der Waals surface area contributed by atoms with Gasteiger partial charge in [0.2, 0.25) is 0 Å². The Morgan fingerprint density at radius 2 is 2.25 bits per heavy atom. The van der Waals surface area contributed by atoms with E-state index in [9.17, 15) is 0 Å². The van der Waals surface area contributed by atoms with E-state index in [2.05, 4.69) is 14.9 Å². The maximum atomic E-state index is 5.73. The van der Waals surface area contributed by atoms with Crippen LogP contribution in [0.15, 0.2) is 6.20 Å². The van der Waals surface area contributed by atoms with Gasteiger partial charge in [-0.05, 0) is 39.2 Å². The van der Waals surface area contributed by atoms with Crippen LogP contribution < -0.4 is 10.6 Å². The molecule has 0 amide bonds. The maximum Gasteiger partial charge on any atom is 0.147 e. The van der Waals surface area contributed by atoms with Crippen LogP contribution in [0, 0.1) is 19.8 Å². The summed E-state index contributed by atoms with van der Waals surface area (Å²) in [6, 6.07) is 0. The molecule has 1 atom stereocenters. The van der Waals surface area contributed by atoms with Gasteiger partial charge in [-0.25, -0.2) is 4.98 Å². The van der Waals surface area contributed by atoms with E-state index in [4.69, 9.17) is 5.73 Å². The second kappa shape index (κ2) is 4.78. The molecule has 4 nitrogen and oxygen atoms in total. The first kappa shape index (κ1) is 11.3. The molecule has 0 saturated carbocycles. The van der Waals surface area contributed by atoms with Crippen LogP contribution in [0.2, 0.25) is 0 Å². The van der Waals surface area contributed by atoms with Gasteiger partial charge in [-0.1, -0.05) is 0 Å². The van der Waals surface area contributed by atoms with E-state index in [1.165, 1.54) is 12.8 Å². The molecule has 88 valence electrons. The molecule has 0 aromatic carbocycles. The number of nitrogens with zero attached hydrogens (tertiary/aromatic N) is 3. The molecule has 2 rings (SSSR count). The highest BCUT2D eigenvalue weighted by molar-refractivity contribution is 5.38. The van der Waals surface area contributed by atoms with Gasteiger partial charge >= 0.3 is 0 Å². The third-order valence-corrected chi connectivity index (χ3v) is 3.36. The Morgan fingerprint density at radius 1 is 1.44 bits per heavy atom. The molecular weight excluding hydrogens is 200 g/mol. The zero-order chi connectivity index (χ0) is 11.5. The van der Waals surface area contributed by atoms with Crippen molar-refractivity contribution in [3.05, 3.63) is 17.6 Å². The van der Waals surface area contributed by atoms with Crippen molar-refractivity contribution < 1.29 is 0 Å². The molecule has 2 heterocycles. The standard InChI is InChI=1S/C12H20N4/c1-9-10(2)15-12(7-14-9)16-5-3-4-11(6-13)8-16/h7,11H,3-6,8,13H2,1-2H3. The lowest BCUT2D eigenvalue weighted by molar-refractivity contribution is 0.421. The molecule has 1 aliphatic heterocycles. The van der Waals surface area contributed by atoms with E-state index >= 15 is 0 Å². The van der Waals surface area contributed by atoms with E-state index in [-0.39, 0.29) is 0 Å². The summed E-state index contributed by atoms with van der Waals surface area (Å²) in [4.78, 5) is 11.3. The monoisotopic (exact) mass is 220 g/mol. The summed E-state index contributed by atoms with van der Waals surface area (Å²) in [5.74, 6) is 1.61. The van der Waals surface area contributed by atoms with Gasteiger partial charge < -0.3 is 10.6 Å². The quantitative estimate of drug-likeness (QED) is 0.815. The first-order valence-corrected chi connectivity index (χ1v) is 5.96. The average molecular weight is 220 g/mol. The second-order valence-electron chi connectivity index (χ2n) is 4.59. The zero-order valence-corrected chi connectivity index (χ0v) is 10.1. The van der Waals surface area contributed by atoms with Crippen molar-refractivity contribution in [2.24, 2.45) is 11.7 Å². The molecule has 0 radical (unpaired) electrons. The van der Waals surface area contributed by atoms with E-state index in [1.54, 1.807) is 0 Å². The van der Waals surface area contributed by atoms with Crippen molar-refractivity contribution in [2.75, 3.05) is 24.5 Å². The summed E-state index contributed by atoms with van der Waals surface area (Å²) >= 11 is 0. The predicted octanol–water partition coefficient (Wildman–Crippen LogP) is 1.27. The Bertz CT molecular complexity index is 364. The Kier molecular flexibility index (Phi) is 3.39. The van der Waals surface area contributed by atoms with Crippen LogP contribution in [0.5, 0.6) is 0 Å². The molecule has 0 bridgehead atoms. The molecule has 0 aliphatic carbocycles. The van der Waals surface area contributed by atoms with E-state index in [0.717, 1.165) is 36.8 Å². The average Bonchev–Trinajstić information content (AvgIpc) is 2.33. The van der Waals surface area contributed by atoms with Gasteiger partial charge in [0.25, 0.3) is 0 Å². The fraction of sp³-hybridized carbons (Fsp3) is 0.667. The molecule has 1 fully saturated rings. The number of rotatable bonds is 2. The summed E-state index contributed by atoms with van der Waals surface area (Å²) < 4.78 is 0. The van der Waals surface area contributed by atoms with Crippen molar-refractivity contribution in [2.45, 2.75) is 26.7 Å². The molecule has 16 heavy (non-hydrogen) atoms. The minimum absolute atomic E-state index is 0.608. The lowest BCUT2D eigenvalue weighted by Crippen LogP contribution is -2.39. The second-order valence-corrected chi connectivity index (χ2v) is 4.59. The molecular formula is C12H20N4. The summed E-state index contributed by atoms with van der Waals surface area (Å²) in [5, 5.41) is 0. The van der Waals surface area contributed by atoms with E-state index in [0.29, 0.717) is 5.92 Å². The minimum Gasteiger partial charge on any atom is -0.355 e. The zero-order valence-electron chi connectivity index (χ0n) is 10.1. The molecule has 1 unspecified atom stereocenters. The van der Waals surface area contributed by atoms with Crippen LogP contribution >= 0.6 is 0 Å². The van der Waals surface area contributed by atoms with Crippen molar-refractivity contribution in [3.63, 3.8) is 0 Å². The van der Waals surface area contributed by atoms with E-state index < -0.39 is 0 Å².